The molecule has 1 heterocycles. The van der Waals surface area contributed by atoms with E-state index in [2.05, 4.69) is 11.6 Å². The molecule has 0 aliphatic carbocycles. The van der Waals surface area contributed by atoms with Crippen molar-refractivity contribution in [3.63, 3.8) is 0 Å². The summed E-state index contributed by atoms with van der Waals surface area (Å²) in [5, 5.41) is 0. The summed E-state index contributed by atoms with van der Waals surface area (Å²) >= 11 is 0. The minimum atomic E-state index is -3.59. The monoisotopic (exact) mass is 586 g/mol. The topological polar surface area (TPSA) is 92.8 Å². The lowest BCUT2D eigenvalue weighted by Crippen LogP contribution is -2.38. The molecular weight excluding hydrogens is 524 g/mol. The third kappa shape index (κ3) is 20.7. The van der Waals surface area contributed by atoms with E-state index in [0.717, 1.165) is 58.2 Å². The Labute approximate surface area is 247 Å². The summed E-state index contributed by atoms with van der Waals surface area (Å²) in [6.07, 6.45) is 24.6. The van der Waals surface area contributed by atoms with Crippen molar-refractivity contribution in [1.82, 2.24) is 9.62 Å². The van der Waals surface area contributed by atoms with Gasteiger partial charge in [-0.3, -0.25) is 14.3 Å². The lowest BCUT2D eigenvalue weighted by atomic mass is 9.93. The lowest BCUT2D eigenvalue weighted by molar-refractivity contribution is -0.132. The minimum Gasteiger partial charge on any atom is -0.385 e. The largest absolute Gasteiger partial charge is 0.385 e. The Hall–Kier alpha value is -1.15. The number of likely N-dealkylation sites (tertiary alicyclic amines) is 1. The van der Waals surface area contributed by atoms with E-state index in [9.17, 15) is 18.0 Å². The van der Waals surface area contributed by atoms with E-state index in [1.54, 1.807) is 7.11 Å². The number of piperidine rings is 1. The maximum Gasteiger partial charge on any atom is 0.234 e. The predicted octanol–water partition coefficient (Wildman–Crippen LogP) is 7.53. The third-order valence-electron chi connectivity index (χ3n) is 8.28. The second-order valence-corrected chi connectivity index (χ2v) is 13.8. The third-order valence-corrected chi connectivity index (χ3v) is 9.64. The van der Waals surface area contributed by atoms with Crippen LogP contribution in [0.5, 0.6) is 0 Å². The minimum absolute atomic E-state index is 0.0588. The molecule has 1 aliphatic rings. The molecule has 0 atom stereocenters. The number of ether oxygens (including phenoxy) is 1. The first-order valence-corrected chi connectivity index (χ1v) is 18.3. The quantitative estimate of drug-likeness (QED) is 0.106. The molecule has 40 heavy (non-hydrogen) atoms. The van der Waals surface area contributed by atoms with E-state index in [1.165, 1.54) is 77.0 Å². The Balaban J connectivity index is 1.94. The summed E-state index contributed by atoms with van der Waals surface area (Å²) in [5.41, 5.74) is 0. The number of unbranched alkanes of at least 4 members (excludes halogenated alkanes) is 16. The van der Waals surface area contributed by atoms with Gasteiger partial charge in [0.05, 0.1) is 5.75 Å². The Morgan fingerprint density at radius 1 is 0.725 bits per heavy atom. The Kier molecular flexibility index (Phi) is 22.5. The number of hydrogen-bond donors (Lipinski definition) is 1. The second-order valence-electron chi connectivity index (χ2n) is 12.0. The van der Waals surface area contributed by atoms with Gasteiger partial charge in [-0.25, -0.2) is 8.42 Å². The van der Waals surface area contributed by atoms with E-state index in [-0.39, 0.29) is 18.1 Å². The van der Waals surface area contributed by atoms with Gasteiger partial charge in [-0.15, -0.1) is 0 Å². The highest BCUT2D eigenvalue weighted by Gasteiger charge is 2.22. The smallest absolute Gasteiger partial charge is 0.234 e. The molecule has 0 unspecified atom stereocenters. The fraction of sp³-hybridized carbons (Fsp3) is 0.938. The molecule has 0 bridgehead atoms. The summed E-state index contributed by atoms with van der Waals surface area (Å²) < 4.78 is 31.8. The zero-order valence-electron chi connectivity index (χ0n) is 26.1. The van der Waals surface area contributed by atoms with Crippen LogP contribution >= 0.6 is 0 Å². The highest BCUT2D eigenvalue weighted by Crippen LogP contribution is 2.21. The number of sulfonamides is 1. The van der Waals surface area contributed by atoms with Gasteiger partial charge in [-0.2, -0.15) is 0 Å². The molecule has 236 valence electrons. The van der Waals surface area contributed by atoms with E-state index in [1.807, 2.05) is 4.90 Å². The molecule has 0 aromatic heterocycles. The summed E-state index contributed by atoms with van der Waals surface area (Å²) in [6, 6.07) is 0. The predicted molar refractivity (Wildman–Crippen MR) is 166 cm³/mol. The van der Waals surface area contributed by atoms with Gasteiger partial charge in [0.2, 0.25) is 21.8 Å². The van der Waals surface area contributed by atoms with Gasteiger partial charge in [0, 0.05) is 39.6 Å². The van der Waals surface area contributed by atoms with E-state index >= 15 is 0 Å². The first-order valence-electron chi connectivity index (χ1n) is 16.7. The number of rotatable bonds is 26. The molecule has 0 aromatic rings. The standard InChI is InChI=1S/C32H62N2O5S/c1-3-4-5-6-7-8-9-10-11-12-13-14-15-16-18-21-31(35)33-40(37,38)29-20-17-19-22-32(36)34-26-23-30(24-27-34)25-28-39-2/h30H,3-29H2,1-2H3,(H,33,35). The van der Waals surface area contributed by atoms with Gasteiger partial charge in [-0.1, -0.05) is 103 Å². The van der Waals surface area contributed by atoms with Crippen molar-refractivity contribution in [3.8, 4) is 0 Å². The summed E-state index contributed by atoms with van der Waals surface area (Å²) in [7, 11) is -1.87. The highest BCUT2D eigenvalue weighted by atomic mass is 32.2. The van der Waals surface area contributed by atoms with Gasteiger partial charge in [0.15, 0.2) is 0 Å². The average molecular weight is 587 g/mol. The van der Waals surface area contributed by atoms with Crippen molar-refractivity contribution in [2.24, 2.45) is 5.92 Å². The van der Waals surface area contributed by atoms with Gasteiger partial charge >= 0.3 is 0 Å². The van der Waals surface area contributed by atoms with Crippen LogP contribution < -0.4 is 4.72 Å². The van der Waals surface area contributed by atoms with Crippen LogP contribution in [0.2, 0.25) is 0 Å². The highest BCUT2D eigenvalue weighted by molar-refractivity contribution is 7.90. The van der Waals surface area contributed by atoms with Crippen LogP contribution in [0.3, 0.4) is 0 Å². The zero-order valence-corrected chi connectivity index (χ0v) is 26.9. The van der Waals surface area contributed by atoms with E-state index in [0.29, 0.717) is 31.6 Å². The van der Waals surface area contributed by atoms with Crippen molar-refractivity contribution in [2.45, 2.75) is 155 Å². The number of nitrogens with zero attached hydrogens (tertiary/aromatic N) is 1. The molecule has 0 radical (unpaired) electrons. The van der Waals surface area contributed by atoms with Crippen molar-refractivity contribution < 1.29 is 22.7 Å². The first-order chi connectivity index (χ1) is 19.4. The first kappa shape index (κ1) is 36.9. The van der Waals surface area contributed by atoms with Crippen molar-refractivity contribution in [3.05, 3.63) is 0 Å². The molecular formula is C32H62N2O5S. The molecule has 7 nitrogen and oxygen atoms in total. The van der Waals surface area contributed by atoms with Crippen LogP contribution in [0.4, 0.5) is 0 Å². The maximum atomic E-state index is 12.4. The van der Waals surface area contributed by atoms with Crippen LogP contribution in [-0.2, 0) is 24.3 Å². The number of carbonyl (C=O) groups is 2. The Morgan fingerprint density at radius 2 is 1.20 bits per heavy atom. The van der Waals surface area contributed by atoms with Crippen LogP contribution in [0.25, 0.3) is 0 Å². The van der Waals surface area contributed by atoms with Crippen LogP contribution in [0.15, 0.2) is 0 Å². The Morgan fingerprint density at radius 3 is 1.73 bits per heavy atom. The number of hydrogen-bond acceptors (Lipinski definition) is 5. The van der Waals surface area contributed by atoms with E-state index in [4.69, 9.17) is 4.74 Å². The van der Waals surface area contributed by atoms with Crippen LogP contribution in [0.1, 0.15) is 155 Å². The van der Waals surface area contributed by atoms with Crippen molar-refractivity contribution in [1.29, 1.82) is 0 Å². The maximum absolute atomic E-state index is 12.4. The van der Waals surface area contributed by atoms with Gasteiger partial charge in [-0.05, 0) is 44.4 Å². The average Bonchev–Trinajstić information content (AvgIpc) is 2.93. The molecule has 0 spiro atoms. The zero-order chi connectivity index (χ0) is 29.3. The van der Waals surface area contributed by atoms with Crippen molar-refractivity contribution in [2.75, 3.05) is 32.6 Å². The lowest BCUT2D eigenvalue weighted by Gasteiger charge is -2.32. The molecule has 2 amide bonds. The molecule has 0 aromatic carbocycles. The van der Waals surface area contributed by atoms with Crippen LogP contribution in [0, 0.1) is 5.92 Å². The van der Waals surface area contributed by atoms with Gasteiger partial charge < -0.3 is 9.64 Å². The molecule has 0 saturated carbocycles. The van der Waals surface area contributed by atoms with Gasteiger partial charge in [0.1, 0.15) is 0 Å². The summed E-state index contributed by atoms with van der Waals surface area (Å²) in [4.78, 5) is 26.5. The number of methoxy groups -OCH3 is 1. The molecule has 8 heteroatoms. The molecule has 1 saturated heterocycles. The fourth-order valence-corrected chi connectivity index (χ4v) is 6.73. The molecule has 1 fully saturated rings. The molecule has 1 rings (SSSR count). The van der Waals surface area contributed by atoms with Crippen LogP contribution in [-0.4, -0.2) is 57.7 Å². The number of carbonyl (C=O) groups excluding carboxylic acids is 2. The Bertz CT molecular complexity index is 736. The summed E-state index contributed by atoms with van der Waals surface area (Å²) in [5.74, 6) is 0.365. The second kappa shape index (κ2) is 24.4. The van der Waals surface area contributed by atoms with Crippen molar-refractivity contribution >= 4 is 21.8 Å². The van der Waals surface area contributed by atoms with Gasteiger partial charge in [0.25, 0.3) is 0 Å². The molecule has 1 aliphatic heterocycles. The SMILES string of the molecule is CCCCCCCCCCCCCCCCCC(=O)NS(=O)(=O)CCCCCC(=O)N1CCC(CCOC)CC1. The summed E-state index contributed by atoms with van der Waals surface area (Å²) in [6.45, 7) is 4.67. The normalized spacial score (nSPS) is 14.5. The molecule has 1 N–H and O–H groups in total. The fourth-order valence-electron chi connectivity index (χ4n) is 5.59. The number of amides is 2. The number of nitrogens with one attached hydrogen (secondary N) is 1. The van der Waals surface area contributed by atoms with E-state index < -0.39 is 15.9 Å².